The van der Waals surface area contributed by atoms with Crippen molar-refractivity contribution in [2.24, 2.45) is 0 Å². The Morgan fingerprint density at radius 1 is 1.24 bits per heavy atom. The van der Waals surface area contributed by atoms with Crippen LogP contribution in [0.5, 0.6) is 0 Å². The Morgan fingerprint density at radius 3 is 2.48 bits per heavy atom. The summed E-state index contributed by atoms with van der Waals surface area (Å²) < 4.78 is 1.42. The van der Waals surface area contributed by atoms with Gasteiger partial charge in [-0.1, -0.05) is 18.6 Å². The maximum atomic E-state index is 12.3. The molecule has 1 amide bonds. The molecular formula is C13H21N5O3. The summed E-state index contributed by atoms with van der Waals surface area (Å²) in [5, 5.41) is 16.6. The number of piperazine rings is 1. The van der Waals surface area contributed by atoms with Crippen molar-refractivity contribution in [3.63, 3.8) is 0 Å². The first-order chi connectivity index (χ1) is 10.0. The van der Waals surface area contributed by atoms with Gasteiger partial charge >= 0.3 is 5.97 Å². The zero-order valence-electron chi connectivity index (χ0n) is 12.4. The highest BCUT2D eigenvalue weighted by atomic mass is 16.4. The highest BCUT2D eigenvalue weighted by molar-refractivity contribution is 5.86. The lowest BCUT2D eigenvalue weighted by Gasteiger charge is -2.32. The topological polar surface area (TPSA) is 91.6 Å². The fourth-order valence-electron chi connectivity index (χ4n) is 2.39. The molecular weight excluding hydrogens is 274 g/mol. The number of carboxylic acid groups (broad SMARTS) is 1. The molecule has 0 spiro atoms. The van der Waals surface area contributed by atoms with Crippen LogP contribution in [0.4, 0.5) is 0 Å². The Kier molecular flexibility index (Phi) is 4.89. The van der Waals surface area contributed by atoms with Gasteiger partial charge in [0.15, 0.2) is 5.69 Å². The van der Waals surface area contributed by atoms with Crippen LogP contribution < -0.4 is 0 Å². The number of aromatic carboxylic acids is 1. The summed E-state index contributed by atoms with van der Waals surface area (Å²) in [6.07, 6.45) is 1.32. The minimum atomic E-state index is -1.10. The van der Waals surface area contributed by atoms with E-state index in [4.69, 9.17) is 5.11 Å². The Balaban J connectivity index is 2.08. The number of carboxylic acids is 1. The van der Waals surface area contributed by atoms with Gasteiger partial charge in [0.25, 0.3) is 0 Å². The first-order valence-electron chi connectivity index (χ1n) is 7.15. The van der Waals surface area contributed by atoms with Crippen LogP contribution in [0.15, 0.2) is 0 Å². The predicted octanol–water partition coefficient (Wildman–Crippen LogP) is -0.297. The van der Waals surface area contributed by atoms with E-state index in [1.165, 1.54) is 4.68 Å². The van der Waals surface area contributed by atoms with Crippen molar-refractivity contribution in [1.29, 1.82) is 0 Å². The van der Waals surface area contributed by atoms with Gasteiger partial charge in [-0.2, -0.15) is 0 Å². The van der Waals surface area contributed by atoms with Crippen LogP contribution in [0.25, 0.3) is 0 Å². The lowest BCUT2D eigenvalue weighted by Crippen LogP contribution is -2.48. The molecule has 0 saturated carbocycles. The third-order valence-corrected chi connectivity index (χ3v) is 3.67. The highest BCUT2D eigenvalue weighted by Crippen LogP contribution is 2.10. The van der Waals surface area contributed by atoms with E-state index < -0.39 is 5.97 Å². The molecule has 8 nitrogen and oxygen atoms in total. The maximum absolute atomic E-state index is 12.3. The molecule has 1 aliphatic rings. The van der Waals surface area contributed by atoms with Crippen molar-refractivity contribution in [3.8, 4) is 0 Å². The number of carbonyl (C=O) groups excluding carboxylic acids is 1. The molecule has 0 bridgehead atoms. The monoisotopic (exact) mass is 295 g/mol. The molecule has 8 heteroatoms. The van der Waals surface area contributed by atoms with Gasteiger partial charge in [0.2, 0.25) is 5.91 Å². The summed E-state index contributed by atoms with van der Waals surface area (Å²) in [7, 11) is 2.03. The molecule has 0 unspecified atom stereocenters. The smallest absolute Gasteiger partial charge is 0.358 e. The first kappa shape index (κ1) is 15.4. The normalized spacial score (nSPS) is 16.2. The van der Waals surface area contributed by atoms with Gasteiger partial charge in [0, 0.05) is 26.2 Å². The fraction of sp³-hybridized carbons (Fsp3) is 0.692. The minimum Gasteiger partial charge on any atom is -0.476 e. The van der Waals surface area contributed by atoms with Crippen LogP contribution in [0.2, 0.25) is 0 Å². The summed E-state index contributed by atoms with van der Waals surface area (Å²) in [5.74, 6) is -1.14. The number of aromatic nitrogens is 3. The molecule has 21 heavy (non-hydrogen) atoms. The predicted molar refractivity (Wildman–Crippen MR) is 75.1 cm³/mol. The van der Waals surface area contributed by atoms with Crippen molar-refractivity contribution >= 4 is 11.9 Å². The first-order valence-corrected chi connectivity index (χ1v) is 7.15. The molecule has 116 valence electrons. The number of rotatable bonds is 5. The third kappa shape index (κ3) is 3.57. The molecule has 2 heterocycles. The Bertz CT molecular complexity index is 520. The molecule has 1 aromatic heterocycles. The summed E-state index contributed by atoms with van der Waals surface area (Å²) in [5.41, 5.74) is 0.468. The van der Waals surface area contributed by atoms with Crippen molar-refractivity contribution in [1.82, 2.24) is 24.8 Å². The summed E-state index contributed by atoms with van der Waals surface area (Å²) >= 11 is 0. The molecule has 0 aliphatic carbocycles. The van der Waals surface area contributed by atoms with E-state index in [0.29, 0.717) is 25.2 Å². The molecule has 1 aromatic rings. The zero-order chi connectivity index (χ0) is 15.4. The maximum Gasteiger partial charge on any atom is 0.358 e. The highest BCUT2D eigenvalue weighted by Gasteiger charge is 2.23. The van der Waals surface area contributed by atoms with E-state index in [0.717, 1.165) is 19.5 Å². The van der Waals surface area contributed by atoms with E-state index in [1.807, 2.05) is 14.0 Å². The quantitative estimate of drug-likeness (QED) is 0.802. The van der Waals surface area contributed by atoms with E-state index >= 15 is 0 Å². The number of nitrogens with zero attached hydrogens (tertiary/aromatic N) is 5. The van der Waals surface area contributed by atoms with Crippen molar-refractivity contribution < 1.29 is 14.7 Å². The van der Waals surface area contributed by atoms with Gasteiger partial charge in [-0.15, -0.1) is 5.10 Å². The van der Waals surface area contributed by atoms with Crippen LogP contribution in [0.1, 0.15) is 29.5 Å². The largest absolute Gasteiger partial charge is 0.476 e. The standard InChI is InChI=1S/C13H21N5O3/c1-3-4-10-12(13(20)21)14-15-18(10)9-11(19)17-7-5-16(2)6-8-17/h3-9H2,1-2H3,(H,20,21). The lowest BCUT2D eigenvalue weighted by molar-refractivity contribution is -0.133. The second-order valence-corrected chi connectivity index (χ2v) is 5.28. The molecule has 1 saturated heterocycles. The van der Waals surface area contributed by atoms with Crippen LogP contribution in [0.3, 0.4) is 0 Å². The number of likely N-dealkylation sites (N-methyl/N-ethyl adjacent to an activating group) is 1. The molecule has 1 fully saturated rings. The van der Waals surface area contributed by atoms with E-state index in [9.17, 15) is 9.59 Å². The zero-order valence-corrected chi connectivity index (χ0v) is 12.4. The van der Waals surface area contributed by atoms with E-state index in [2.05, 4.69) is 15.2 Å². The van der Waals surface area contributed by atoms with Gasteiger partial charge in [-0.05, 0) is 13.5 Å². The molecule has 0 atom stereocenters. The molecule has 0 aromatic carbocycles. The molecule has 2 rings (SSSR count). The number of carbonyl (C=O) groups is 2. The Morgan fingerprint density at radius 2 is 1.90 bits per heavy atom. The fourth-order valence-corrected chi connectivity index (χ4v) is 2.39. The van der Waals surface area contributed by atoms with Gasteiger partial charge in [-0.3, -0.25) is 4.79 Å². The minimum absolute atomic E-state index is 0.0395. The van der Waals surface area contributed by atoms with Crippen LogP contribution in [0, 0.1) is 0 Å². The number of hydrogen-bond acceptors (Lipinski definition) is 5. The summed E-state index contributed by atoms with van der Waals surface area (Å²) in [4.78, 5) is 27.4. The SMILES string of the molecule is CCCc1c(C(=O)O)nnn1CC(=O)N1CCN(C)CC1. The average molecular weight is 295 g/mol. The van der Waals surface area contributed by atoms with Gasteiger partial charge in [0.05, 0.1) is 5.69 Å². The molecule has 1 N–H and O–H groups in total. The van der Waals surface area contributed by atoms with Gasteiger partial charge < -0.3 is 14.9 Å². The van der Waals surface area contributed by atoms with E-state index in [1.54, 1.807) is 4.90 Å². The van der Waals surface area contributed by atoms with Crippen LogP contribution in [-0.4, -0.2) is 75.0 Å². The van der Waals surface area contributed by atoms with Crippen molar-refractivity contribution in [3.05, 3.63) is 11.4 Å². The Labute approximate surface area is 123 Å². The lowest BCUT2D eigenvalue weighted by atomic mass is 10.2. The van der Waals surface area contributed by atoms with E-state index in [-0.39, 0.29) is 18.1 Å². The molecule has 1 aliphatic heterocycles. The second kappa shape index (κ2) is 6.66. The van der Waals surface area contributed by atoms with Crippen molar-refractivity contribution in [2.75, 3.05) is 33.2 Å². The van der Waals surface area contributed by atoms with Crippen LogP contribution in [-0.2, 0) is 17.8 Å². The Hall–Kier alpha value is -1.96. The third-order valence-electron chi connectivity index (χ3n) is 3.67. The van der Waals surface area contributed by atoms with Gasteiger partial charge in [-0.25, -0.2) is 9.48 Å². The molecule has 0 radical (unpaired) electrons. The number of hydrogen-bond donors (Lipinski definition) is 1. The average Bonchev–Trinajstić information content (AvgIpc) is 2.83. The van der Waals surface area contributed by atoms with Crippen LogP contribution >= 0.6 is 0 Å². The number of amides is 1. The van der Waals surface area contributed by atoms with Gasteiger partial charge in [0.1, 0.15) is 6.54 Å². The summed E-state index contributed by atoms with van der Waals surface area (Å²) in [6.45, 7) is 5.10. The van der Waals surface area contributed by atoms with Crippen molar-refractivity contribution in [2.45, 2.75) is 26.3 Å². The second-order valence-electron chi connectivity index (χ2n) is 5.28. The summed E-state index contributed by atoms with van der Waals surface area (Å²) in [6, 6.07) is 0.